The molecule has 0 radical (unpaired) electrons. The molecule has 0 spiro atoms. The molecule has 1 saturated carbocycles. The highest BCUT2D eigenvalue weighted by Gasteiger charge is 2.59. The monoisotopic (exact) mass is 326 g/mol. The molecule has 14 heavy (non-hydrogen) atoms. The van der Waals surface area contributed by atoms with Gasteiger partial charge in [-0.05, 0) is 38.0 Å². The summed E-state index contributed by atoms with van der Waals surface area (Å²) < 4.78 is 6.34. The highest BCUT2D eigenvalue weighted by Crippen LogP contribution is 2.58. The van der Waals surface area contributed by atoms with E-state index in [0.29, 0.717) is 0 Å². The molecule has 0 N–H and O–H groups in total. The molecule has 1 aliphatic rings. The number of rotatable bonds is 3. The van der Waals surface area contributed by atoms with Crippen molar-refractivity contribution in [1.82, 2.24) is 0 Å². The fourth-order valence-electron chi connectivity index (χ4n) is 3.19. The Hall–Kier alpha value is 0.907. The first-order valence-electron chi connectivity index (χ1n) is 5.41. The lowest BCUT2D eigenvalue weighted by Gasteiger charge is -2.52. The molecule has 0 heterocycles. The molecule has 0 aromatic carbocycles. The van der Waals surface area contributed by atoms with Crippen molar-refractivity contribution in [3.8, 4) is 0 Å². The number of halogens is 1. The Labute approximate surface area is 105 Å². The summed E-state index contributed by atoms with van der Waals surface area (Å²) in [5.74, 6) is 0.784. The normalized spacial score (nSPS) is 23.6. The molecule has 1 aliphatic carbocycles. The molecule has 1 rings (SSSR count). The van der Waals surface area contributed by atoms with Gasteiger partial charge in [0.1, 0.15) is 10.5 Å². The van der Waals surface area contributed by atoms with E-state index in [4.69, 9.17) is 4.43 Å². The van der Waals surface area contributed by atoms with E-state index in [0.717, 1.165) is 16.4 Å². The van der Waals surface area contributed by atoms with Gasteiger partial charge in [-0.15, -0.1) is 0 Å². The van der Waals surface area contributed by atoms with Gasteiger partial charge in [0.15, 0.2) is 0 Å². The first-order chi connectivity index (χ1) is 6.17. The Morgan fingerprint density at radius 2 is 1.57 bits per heavy atom. The Bertz CT molecular complexity index is 196. The molecule has 0 aliphatic heterocycles. The third kappa shape index (κ3) is 1.92. The summed E-state index contributed by atoms with van der Waals surface area (Å²) in [6.07, 6.45) is 2.71. The maximum Gasteiger partial charge on any atom is 0.146 e. The maximum atomic E-state index is 6.12. The van der Waals surface area contributed by atoms with E-state index >= 15 is 0 Å². The van der Waals surface area contributed by atoms with Crippen molar-refractivity contribution in [2.75, 3.05) is 0 Å². The first-order valence-corrected chi connectivity index (χ1v) is 7.30. The van der Waals surface area contributed by atoms with Crippen LogP contribution < -0.4 is 0 Å². The highest BCUT2D eigenvalue weighted by atomic mass is 127. The molecule has 0 aromatic rings. The Morgan fingerprint density at radius 1 is 1.14 bits per heavy atom. The molecule has 1 nitrogen and oxygen atoms in total. The highest BCUT2D eigenvalue weighted by molar-refractivity contribution is 14.1. The third-order valence-electron chi connectivity index (χ3n) is 3.47. The van der Waals surface area contributed by atoms with Gasteiger partial charge in [-0.25, -0.2) is 0 Å². The van der Waals surface area contributed by atoms with Crippen molar-refractivity contribution in [1.29, 1.82) is 0 Å². The smallest absolute Gasteiger partial charge is 0.146 e. The maximum absolute atomic E-state index is 6.12. The van der Waals surface area contributed by atoms with Crippen LogP contribution in [0.5, 0.6) is 0 Å². The topological polar surface area (TPSA) is 9.23 Å². The van der Waals surface area contributed by atoms with Gasteiger partial charge >= 0.3 is 0 Å². The standard InChI is InChI=1S/C11H23IOSi/c1-9(2,3)11(13-14,8-6-7-8)10(4,5)12/h8H,6-7H2,1-5,14H3. The van der Waals surface area contributed by atoms with Crippen LogP contribution in [0.3, 0.4) is 0 Å². The number of alkyl halides is 1. The van der Waals surface area contributed by atoms with Crippen LogP contribution >= 0.6 is 22.6 Å². The second-order valence-electron chi connectivity index (χ2n) is 5.94. The van der Waals surface area contributed by atoms with Crippen LogP contribution in [0.15, 0.2) is 0 Å². The fourth-order valence-corrected chi connectivity index (χ4v) is 6.54. The third-order valence-corrected chi connectivity index (χ3v) is 4.92. The van der Waals surface area contributed by atoms with Crippen molar-refractivity contribution >= 4 is 33.1 Å². The zero-order chi connectivity index (χ0) is 11.2. The van der Waals surface area contributed by atoms with Gasteiger partial charge in [0.2, 0.25) is 0 Å². The summed E-state index contributed by atoms with van der Waals surface area (Å²) in [6, 6.07) is 0. The summed E-state index contributed by atoms with van der Waals surface area (Å²) in [4.78, 5) is 0. The van der Waals surface area contributed by atoms with Crippen LogP contribution in [0.1, 0.15) is 47.5 Å². The van der Waals surface area contributed by atoms with Gasteiger partial charge < -0.3 is 4.43 Å². The number of hydrogen-bond acceptors (Lipinski definition) is 1. The molecule has 1 fully saturated rings. The van der Waals surface area contributed by atoms with Crippen LogP contribution in [0.25, 0.3) is 0 Å². The average molecular weight is 326 g/mol. The molecular formula is C11H23IOSi. The van der Waals surface area contributed by atoms with Crippen LogP contribution in [0.2, 0.25) is 0 Å². The lowest BCUT2D eigenvalue weighted by atomic mass is 9.67. The lowest BCUT2D eigenvalue weighted by Crippen LogP contribution is -2.58. The van der Waals surface area contributed by atoms with Crippen LogP contribution in [0, 0.1) is 11.3 Å². The molecule has 84 valence electrons. The largest absolute Gasteiger partial charge is 0.420 e. The summed E-state index contributed by atoms with van der Waals surface area (Å²) >= 11 is 2.57. The lowest BCUT2D eigenvalue weighted by molar-refractivity contribution is -0.0661. The molecule has 0 aromatic heterocycles. The summed E-state index contributed by atoms with van der Waals surface area (Å²) in [6.45, 7) is 11.6. The summed E-state index contributed by atoms with van der Waals surface area (Å²) in [7, 11) is 0.841. The van der Waals surface area contributed by atoms with Gasteiger partial charge in [0.05, 0.1) is 5.60 Å². The molecular weight excluding hydrogens is 303 g/mol. The van der Waals surface area contributed by atoms with E-state index in [1.165, 1.54) is 12.8 Å². The predicted molar refractivity (Wildman–Crippen MR) is 74.0 cm³/mol. The SMILES string of the molecule is CC(C)(C)C(O[SiH3])(C1CC1)C(C)(C)I. The summed E-state index contributed by atoms with van der Waals surface area (Å²) in [5.41, 5.74) is 0.313. The summed E-state index contributed by atoms with van der Waals surface area (Å²) in [5, 5.41) is 0. The first kappa shape index (κ1) is 13.0. The van der Waals surface area contributed by atoms with Crippen LogP contribution in [0.4, 0.5) is 0 Å². The van der Waals surface area contributed by atoms with Gasteiger partial charge in [0, 0.05) is 3.42 Å². The van der Waals surface area contributed by atoms with E-state index in [9.17, 15) is 0 Å². The zero-order valence-corrected chi connectivity index (χ0v) is 14.4. The van der Waals surface area contributed by atoms with E-state index in [1.54, 1.807) is 0 Å². The van der Waals surface area contributed by atoms with E-state index in [1.807, 2.05) is 0 Å². The van der Waals surface area contributed by atoms with Gasteiger partial charge in [-0.2, -0.15) is 0 Å². The average Bonchev–Trinajstić information content (AvgIpc) is 2.66. The van der Waals surface area contributed by atoms with E-state index in [2.05, 4.69) is 57.2 Å². The van der Waals surface area contributed by atoms with Gasteiger partial charge in [-0.1, -0.05) is 43.4 Å². The molecule has 0 amide bonds. The predicted octanol–water partition coefficient (Wildman–Crippen LogP) is 2.69. The zero-order valence-electron chi connectivity index (χ0n) is 10.3. The van der Waals surface area contributed by atoms with E-state index < -0.39 is 0 Å². The minimum Gasteiger partial charge on any atom is -0.420 e. The van der Waals surface area contributed by atoms with Crippen LogP contribution in [-0.4, -0.2) is 19.5 Å². The van der Waals surface area contributed by atoms with Crippen molar-refractivity contribution in [3.63, 3.8) is 0 Å². The van der Waals surface area contributed by atoms with Crippen LogP contribution in [-0.2, 0) is 4.43 Å². The molecule has 0 saturated heterocycles. The molecule has 1 unspecified atom stereocenters. The molecule has 1 atom stereocenters. The number of hydrogen-bond donors (Lipinski definition) is 0. The minimum atomic E-state index is 0.0762. The van der Waals surface area contributed by atoms with Crippen molar-refractivity contribution in [2.45, 2.75) is 56.5 Å². The second-order valence-corrected chi connectivity index (χ2v) is 9.04. The Kier molecular flexibility index (Phi) is 3.46. The Morgan fingerprint density at radius 3 is 1.64 bits per heavy atom. The van der Waals surface area contributed by atoms with Gasteiger partial charge in [-0.3, -0.25) is 0 Å². The fraction of sp³-hybridized carbons (Fsp3) is 1.00. The van der Waals surface area contributed by atoms with E-state index in [-0.39, 0.29) is 14.4 Å². The van der Waals surface area contributed by atoms with Crippen molar-refractivity contribution in [2.24, 2.45) is 11.3 Å². The van der Waals surface area contributed by atoms with Gasteiger partial charge in [0.25, 0.3) is 0 Å². The molecule has 3 heteroatoms. The van der Waals surface area contributed by atoms with Crippen molar-refractivity contribution in [3.05, 3.63) is 0 Å². The van der Waals surface area contributed by atoms with Crippen molar-refractivity contribution < 1.29 is 4.43 Å². The Balaban J connectivity index is 3.11. The second kappa shape index (κ2) is 3.73. The quantitative estimate of drug-likeness (QED) is 0.440. The molecule has 0 bridgehead atoms. The minimum absolute atomic E-state index is 0.0762.